The molecule has 1 aliphatic rings. The molecule has 18 heavy (non-hydrogen) atoms. The predicted octanol–water partition coefficient (Wildman–Crippen LogP) is 1.19. The van der Waals surface area contributed by atoms with Crippen LogP contribution < -0.4 is 0 Å². The van der Waals surface area contributed by atoms with Gasteiger partial charge in [0.25, 0.3) is 5.91 Å². The molecule has 0 aromatic carbocycles. The van der Waals surface area contributed by atoms with Crippen molar-refractivity contribution in [1.82, 2.24) is 9.80 Å². The Balaban J connectivity index is 1.97. The van der Waals surface area contributed by atoms with E-state index in [1.807, 2.05) is 0 Å². The highest BCUT2D eigenvalue weighted by molar-refractivity contribution is 5.91. The monoisotopic (exact) mass is 252 g/mol. The molecular weight excluding hydrogens is 236 g/mol. The van der Waals surface area contributed by atoms with Crippen molar-refractivity contribution in [2.24, 2.45) is 0 Å². The van der Waals surface area contributed by atoms with E-state index in [0.717, 1.165) is 6.42 Å². The van der Waals surface area contributed by atoms with Gasteiger partial charge in [-0.2, -0.15) is 0 Å². The third-order valence-corrected chi connectivity index (χ3v) is 2.95. The second-order valence-electron chi connectivity index (χ2n) is 4.08. The smallest absolute Gasteiger partial charge is 0.409 e. The van der Waals surface area contributed by atoms with Gasteiger partial charge in [-0.3, -0.25) is 4.79 Å². The van der Waals surface area contributed by atoms with E-state index < -0.39 is 0 Å². The zero-order chi connectivity index (χ0) is 13.0. The van der Waals surface area contributed by atoms with Crippen LogP contribution in [0, 0.1) is 0 Å². The number of hydrogen-bond acceptors (Lipinski definition) is 4. The molecule has 1 fully saturated rings. The molecule has 1 aliphatic heterocycles. The fraction of sp³-hybridized carbons (Fsp3) is 0.500. The molecule has 6 heteroatoms. The van der Waals surface area contributed by atoms with E-state index >= 15 is 0 Å². The van der Waals surface area contributed by atoms with Crippen LogP contribution in [0.15, 0.2) is 22.8 Å². The Morgan fingerprint density at radius 1 is 1.22 bits per heavy atom. The first kappa shape index (κ1) is 12.5. The van der Waals surface area contributed by atoms with Crippen molar-refractivity contribution in [3.8, 4) is 0 Å². The number of hydrogen-bond donors (Lipinski definition) is 0. The van der Waals surface area contributed by atoms with E-state index in [-0.39, 0.29) is 12.0 Å². The third kappa shape index (κ3) is 2.64. The molecule has 0 unspecified atom stereocenters. The van der Waals surface area contributed by atoms with Gasteiger partial charge in [0.15, 0.2) is 5.76 Å². The average Bonchev–Trinajstić information content (AvgIpc) is 2.81. The Kier molecular flexibility index (Phi) is 3.86. The van der Waals surface area contributed by atoms with Crippen LogP contribution in [0.25, 0.3) is 0 Å². The molecule has 0 aliphatic carbocycles. The van der Waals surface area contributed by atoms with Gasteiger partial charge in [-0.05, 0) is 18.6 Å². The largest absolute Gasteiger partial charge is 0.459 e. The van der Waals surface area contributed by atoms with Crippen molar-refractivity contribution in [2.45, 2.75) is 6.42 Å². The number of methoxy groups -OCH3 is 1. The van der Waals surface area contributed by atoms with Crippen LogP contribution in [0.3, 0.4) is 0 Å². The maximum Gasteiger partial charge on any atom is 0.409 e. The molecule has 1 aromatic rings. The van der Waals surface area contributed by atoms with Gasteiger partial charge in [-0.1, -0.05) is 0 Å². The summed E-state index contributed by atoms with van der Waals surface area (Å²) in [5.41, 5.74) is 0. The highest BCUT2D eigenvalue weighted by Gasteiger charge is 2.24. The minimum Gasteiger partial charge on any atom is -0.459 e. The maximum absolute atomic E-state index is 12.1. The molecule has 0 spiro atoms. The van der Waals surface area contributed by atoms with Crippen LogP contribution >= 0.6 is 0 Å². The topological polar surface area (TPSA) is 63.0 Å². The van der Waals surface area contributed by atoms with Crippen LogP contribution in [0.2, 0.25) is 0 Å². The normalized spacial score (nSPS) is 16.3. The summed E-state index contributed by atoms with van der Waals surface area (Å²) in [5.74, 6) is 0.202. The van der Waals surface area contributed by atoms with Crippen molar-refractivity contribution in [3.63, 3.8) is 0 Å². The second kappa shape index (κ2) is 5.57. The van der Waals surface area contributed by atoms with Crippen molar-refractivity contribution >= 4 is 12.0 Å². The zero-order valence-corrected chi connectivity index (χ0v) is 10.3. The van der Waals surface area contributed by atoms with Crippen molar-refractivity contribution in [2.75, 3.05) is 33.3 Å². The molecule has 0 radical (unpaired) electrons. The fourth-order valence-corrected chi connectivity index (χ4v) is 1.99. The van der Waals surface area contributed by atoms with Gasteiger partial charge in [0.2, 0.25) is 0 Å². The number of rotatable bonds is 1. The number of furan rings is 1. The Morgan fingerprint density at radius 3 is 2.61 bits per heavy atom. The first-order chi connectivity index (χ1) is 8.72. The molecule has 2 heterocycles. The average molecular weight is 252 g/mol. The predicted molar refractivity (Wildman–Crippen MR) is 63.2 cm³/mol. The molecular formula is C12H16N2O4. The van der Waals surface area contributed by atoms with E-state index in [1.165, 1.54) is 13.4 Å². The van der Waals surface area contributed by atoms with Crippen LogP contribution in [-0.2, 0) is 4.74 Å². The van der Waals surface area contributed by atoms with E-state index in [2.05, 4.69) is 4.74 Å². The summed E-state index contributed by atoms with van der Waals surface area (Å²) in [5, 5.41) is 0. The Hall–Kier alpha value is -1.98. The number of amides is 2. The lowest BCUT2D eigenvalue weighted by molar-refractivity contribution is 0.0726. The summed E-state index contributed by atoms with van der Waals surface area (Å²) in [7, 11) is 1.36. The van der Waals surface area contributed by atoms with Crippen LogP contribution in [0.4, 0.5) is 4.79 Å². The summed E-state index contributed by atoms with van der Waals surface area (Å²) >= 11 is 0. The van der Waals surface area contributed by atoms with Gasteiger partial charge >= 0.3 is 6.09 Å². The van der Waals surface area contributed by atoms with Crippen molar-refractivity contribution in [3.05, 3.63) is 24.2 Å². The van der Waals surface area contributed by atoms with E-state index in [0.29, 0.717) is 31.9 Å². The molecule has 0 N–H and O–H groups in total. The highest BCUT2D eigenvalue weighted by Crippen LogP contribution is 2.10. The minimum atomic E-state index is -0.345. The standard InChI is InChI=1S/C12H16N2O4/c1-17-12(16)14-6-3-5-13(7-8-14)11(15)10-4-2-9-18-10/h2,4,9H,3,5-8H2,1H3. The zero-order valence-electron chi connectivity index (χ0n) is 10.3. The van der Waals surface area contributed by atoms with Gasteiger partial charge in [0, 0.05) is 26.2 Å². The first-order valence-corrected chi connectivity index (χ1v) is 5.88. The van der Waals surface area contributed by atoms with Gasteiger partial charge < -0.3 is 19.0 Å². The van der Waals surface area contributed by atoms with Gasteiger partial charge in [-0.15, -0.1) is 0 Å². The highest BCUT2D eigenvalue weighted by atomic mass is 16.5. The molecule has 98 valence electrons. The van der Waals surface area contributed by atoms with Crippen LogP contribution in [0.5, 0.6) is 0 Å². The fourth-order valence-electron chi connectivity index (χ4n) is 1.99. The second-order valence-corrected chi connectivity index (χ2v) is 4.08. The van der Waals surface area contributed by atoms with Crippen LogP contribution in [-0.4, -0.2) is 55.1 Å². The van der Waals surface area contributed by atoms with E-state index in [9.17, 15) is 9.59 Å². The molecule has 0 atom stereocenters. The summed E-state index contributed by atoms with van der Waals surface area (Å²) in [6.45, 7) is 2.20. The first-order valence-electron chi connectivity index (χ1n) is 5.88. The van der Waals surface area contributed by atoms with Crippen molar-refractivity contribution < 1.29 is 18.7 Å². The third-order valence-electron chi connectivity index (χ3n) is 2.95. The summed E-state index contributed by atoms with van der Waals surface area (Å²) in [6, 6.07) is 3.33. The lowest BCUT2D eigenvalue weighted by Gasteiger charge is -2.20. The Labute approximate surface area is 105 Å². The minimum absolute atomic E-state index is 0.133. The Morgan fingerprint density at radius 2 is 1.94 bits per heavy atom. The molecule has 0 bridgehead atoms. The summed E-state index contributed by atoms with van der Waals surface area (Å²) < 4.78 is 9.77. The molecule has 0 saturated carbocycles. The summed E-state index contributed by atoms with van der Waals surface area (Å²) in [6.07, 6.45) is 1.87. The summed E-state index contributed by atoms with van der Waals surface area (Å²) in [4.78, 5) is 26.8. The molecule has 2 rings (SSSR count). The molecule has 1 saturated heterocycles. The van der Waals surface area contributed by atoms with E-state index in [4.69, 9.17) is 4.42 Å². The number of ether oxygens (including phenoxy) is 1. The molecule has 6 nitrogen and oxygen atoms in total. The Bertz CT molecular complexity index is 416. The lowest BCUT2D eigenvalue weighted by Crippen LogP contribution is -2.37. The van der Waals surface area contributed by atoms with Gasteiger partial charge in [0.05, 0.1) is 13.4 Å². The quantitative estimate of drug-likeness (QED) is 0.753. The SMILES string of the molecule is COC(=O)N1CCCN(C(=O)c2ccco2)CC1. The van der Waals surface area contributed by atoms with Gasteiger partial charge in [0.1, 0.15) is 0 Å². The van der Waals surface area contributed by atoms with Crippen LogP contribution in [0.1, 0.15) is 17.0 Å². The van der Waals surface area contributed by atoms with Crippen molar-refractivity contribution in [1.29, 1.82) is 0 Å². The lowest BCUT2D eigenvalue weighted by atomic mass is 10.3. The van der Waals surface area contributed by atoms with Gasteiger partial charge in [-0.25, -0.2) is 4.79 Å². The number of nitrogens with zero attached hydrogens (tertiary/aromatic N) is 2. The number of carbonyl (C=O) groups excluding carboxylic acids is 2. The molecule has 1 aromatic heterocycles. The molecule has 2 amide bonds. The van der Waals surface area contributed by atoms with E-state index in [1.54, 1.807) is 21.9 Å². The number of carbonyl (C=O) groups is 2. The maximum atomic E-state index is 12.1.